The second-order valence-electron chi connectivity index (χ2n) is 4.95. The van der Waals surface area contributed by atoms with Crippen LogP contribution in [0.2, 0.25) is 0 Å². The molecule has 0 spiro atoms. The van der Waals surface area contributed by atoms with Crippen LogP contribution in [0.4, 0.5) is 18.9 Å². The summed E-state index contributed by atoms with van der Waals surface area (Å²) in [5, 5.41) is 3.17. The second-order valence-corrected chi connectivity index (χ2v) is 4.95. The summed E-state index contributed by atoms with van der Waals surface area (Å²) >= 11 is 0. The first-order valence-electron chi connectivity index (χ1n) is 6.54. The minimum Gasteiger partial charge on any atom is -0.384 e. The van der Waals surface area contributed by atoms with Crippen molar-refractivity contribution in [3.63, 3.8) is 0 Å². The van der Waals surface area contributed by atoms with Crippen LogP contribution < -0.4 is 5.32 Å². The smallest absolute Gasteiger partial charge is 0.384 e. The zero-order valence-electron chi connectivity index (χ0n) is 11.0. The fourth-order valence-electron chi connectivity index (χ4n) is 2.41. The zero-order chi connectivity index (χ0) is 15.0. The molecule has 0 saturated heterocycles. The van der Waals surface area contributed by atoms with Crippen LogP contribution in [0.25, 0.3) is 0 Å². The summed E-state index contributed by atoms with van der Waals surface area (Å²) in [4.78, 5) is 12.3. The lowest BCUT2D eigenvalue weighted by Crippen LogP contribution is -2.06. The number of anilines is 1. The Hall–Kier alpha value is -2.30. The number of fused-ring (bicyclic) bond motifs is 1. The molecule has 0 aromatic heterocycles. The van der Waals surface area contributed by atoms with Crippen LogP contribution >= 0.6 is 0 Å². The van der Waals surface area contributed by atoms with Crippen molar-refractivity contribution >= 4 is 11.5 Å². The van der Waals surface area contributed by atoms with Crippen LogP contribution in [0, 0.1) is 0 Å². The van der Waals surface area contributed by atoms with E-state index in [2.05, 4.69) is 5.32 Å². The SMILES string of the molecule is O=C(c1ccc(C(F)(F)F)cc1)c1ccc2c(c1)NCC2. The number of nitrogens with one attached hydrogen (secondary N) is 1. The number of hydrogen-bond acceptors (Lipinski definition) is 2. The van der Waals surface area contributed by atoms with Gasteiger partial charge in [0.05, 0.1) is 5.56 Å². The van der Waals surface area contributed by atoms with Gasteiger partial charge in [0.15, 0.2) is 5.78 Å². The monoisotopic (exact) mass is 291 g/mol. The fraction of sp³-hybridized carbons (Fsp3) is 0.188. The van der Waals surface area contributed by atoms with Gasteiger partial charge in [0.2, 0.25) is 0 Å². The number of carbonyl (C=O) groups is 1. The Morgan fingerprint density at radius 2 is 1.67 bits per heavy atom. The molecule has 21 heavy (non-hydrogen) atoms. The third kappa shape index (κ3) is 2.63. The van der Waals surface area contributed by atoms with E-state index >= 15 is 0 Å². The lowest BCUT2D eigenvalue weighted by atomic mass is 10.00. The van der Waals surface area contributed by atoms with Gasteiger partial charge in [0.1, 0.15) is 0 Å². The molecule has 3 rings (SSSR count). The van der Waals surface area contributed by atoms with Crippen molar-refractivity contribution in [3.05, 3.63) is 64.7 Å². The van der Waals surface area contributed by atoms with Gasteiger partial charge in [0.25, 0.3) is 0 Å². The highest BCUT2D eigenvalue weighted by Crippen LogP contribution is 2.30. The summed E-state index contributed by atoms with van der Waals surface area (Å²) in [5.41, 5.74) is 2.05. The molecule has 1 aliphatic heterocycles. The maximum Gasteiger partial charge on any atom is 0.416 e. The highest BCUT2D eigenvalue weighted by Gasteiger charge is 2.30. The van der Waals surface area contributed by atoms with Gasteiger partial charge < -0.3 is 5.32 Å². The standard InChI is InChI=1S/C16H12F3NO/c17-16(18,19)13-5-3-11(4-6-13)15(21)12-2-1-10-7-8-20-14(10)9-12/h1-6,9,20H,7-8H2. The van der Waals surface area contributed by atoms with E-state index in [-0.39, 0.29) is 11.3 Å². The lowest BCUT2D eigenvalue weighted by molar-refractivity contribution is -0.137. The van der Waals surface area contributed by atoms with Crippen molar-refractivity contribution in [1.29, 1.82) is 0 Å². The van der Waals surface area contributed by atoms with Crippen LogP contribution in [0.3, 0.4) is 0 Å². The van der Waals surface area contributed by atoms with E-state index in [0.717, 1.165) is 36.3 Å². The van der Waals surface area contributed by atoms with Crippen LogP contribution in [0.5, 0.6) is 0 Å². The summed E-state index contributed by atoms with van der Waals surface area (Å²) in [6, 6.07) is 9.64. The quantitative estimate of drug-likeness (QED) is 0.850. The van der Waals surface area contributed by atoms with Crippen LogP contribution in [-0.2, 0) is 12.6 Å². The Bertz CT molecular complexity index is 690. The minimum absolute atomic E-state index is 0.251. The molecule has 1 heterocycles. The predicted molar refractivity (Wildman–Crippen MR) is 73.5 cm³/mol. The van der Waals surface area contributed by atoms with Gasteiger partial charge in [-0.25, -0.2) is 0 Å². The molecule has 0 amide bonds. The normalized spacial score (nSPS) is 13.7. The average molecular weight is 291 g/mol. The second kappa shape index (κ2) is 4.91. The Morgan fingerprint density at radius 3 is 2.33 bits per heavy atom. The molecular formula is C16H12F3NO. The molecule has 2 aromatic carbocycles. The molecule has 0 bridgehead atoms. The van der Waals surface area contributed by atoms with Crippen molar-refractivity contribution in [2.45, 2.75) is 12.6 Å². The Balaban J connectivity index is 1.88. The van der Waals surface area contributed by atoms with Crippen molar-refractivity contribution in [1.82, 2.24) is 0 Å². The van der Waals surface area contributed by atoms with Crippen LogP contribution in [0.15, 0.2) is 42.5 Å². The molecule has 0 aliphatic carbocycles. The van der Waals surface area contributed by atoms with Gasteiger partial charge >= 0.3 is 6.18 Å². The van der Waals surface area contributed by atoms with E-state index in [9.17, 15) is 18.0 Å². The van der Waals surface area contributed by atoms with Gasteiger partial charge in [-0.05, 0) is 30.2 Å². The largest absolute Gasteiger partial charge is 0.416 e. The molecular weight excluding hydrogens is 279 g/mol. The number of carbonyl (C=O) groups excluding carboxylic acids is 1. The summed E-state index contributed by atoms with van der Waals surface area (Å²) in [6.07, 6.45) is -3.47. The van der Waals surface area contributed by atoms with Crippen molar-refractivity contribution in [2.24, 2.45) is 0 Å². The molecule has 1 aliphatic rings. The van der Waals surface area contributed by atoms with E-state index in [1.807, 2.05) is 6.07 Å². The van der Waals surface area contributed by atoms with Crippen molar-refractivity contribution < 1.29 is 18.0 Å². The summed E-state index contributed by atoms with van der Waals surface area (Å²) in [6.45, 7) is 0.841. The van der Waals surface area contributed by atoms with Gasteiger partial charge in [-0.1, -0.05) is 24.3 Å². The summed E-state index contributed by atoms with van der Waals surface area (Å²) in [7, 11) is 0. The first kappa shape index (κ1) is 13.7. The zero-order valence-corrected chi connectivity index (χ0v) is 11.0. The molecule has 2 nitrogen and oxygen atoms in total. The molecule has 2 aromatic rings. The fourth-order valence-corrected chi connectivity index (χ4v) is 2.41. The van der Waals surface area contributed by atoms with Gasteiger partial charge in [-0.3, -0.25) is 4.79 Å². The molecule has 1 N–H and O–H groups in total. The molecule has 0 atom stereocenters. The lowest BCUT2D eigenvalue weighted by Gasteiger charge is -2.08. The molecule has 0 radical (unpaired) electrons. The number of halogens is 3. The summed E-state index contributed by atoms with van der Waals surface area (Å²) < 4.78 is 37.5. The predicted octanol–water partition coefficient (Wildman–Crippen LogP) is 3.90. The number of alkyl halides is 3. The van der Waals surface area contributed by atoms with Crippen LogP contribution in [0.1, 0.15) is 27.0 Å². The Labute approximate surface area is 119 Å². The topological polar surface area (TPSA) is 29.1 Å². The third-order valence-corrected chi connectivity index (χ3v) is 3.56. The molecule has 0 saturated carbocycles. The molecule has 108 valence electrons. The Kier molecular flexibility index (Phi) is 3.20. The highest BCUT2D eigenvalue weighted by atomic mass is 19.4. The summed E-state index contributed by atoms with van der Waals surface area (Å²) in [5.74, 6) is -0.278. The maximum absolute atomic E-state index is 12.5. The number of benzene rings is 2. The Morgan fingerprint density at radius 1 is 1.00 bits per heavy atom. The molecule has 0 unspecified atom stereocenters. The van der Waals surface area contributed by atoms with E-state index in [1.54, 1.807) is 12.1 Å². The number of rotatable bonds is 2. The maximum atomic E-state index is 12.5. The van der Waals surface area contributed by atoms with Crippen LogP contribution in [-0.4, -0.2) is 12.3 Å². The van der Waals surface area contributed by atoms with E-state index < -0.39 is 11.7 Å². The molecule has 5 heteroatoms. The highest BCUT2D eigenvalue weighted by molar-refractivity contribution is 6.09. The van der Waals surface area contributed by atoms with Gasteiger partial charge in [-0.15, -0.1) is 0 Å². The third-order valence-electron chi connectivity index (χ3n) is 3.56. The van der Waals surface area contributed by atoms with E-state index in [1.165, 1.54) is 12.1 Å². The average Bonchev–Trinajstić information content (AvgIpc) is 2.93. The van der Waals surface area contributed by atoms with E-state index in [0.29, 0.717) is 5.56 Å². The van der Waals surface area contributed by atoms with E-state index in [4.69, 9.17) is 0 Å². The molecule has 0 fully saturated rings. The first-order chi connectivity index (χ1) is 9.95. The van der Waals surface area contributed by atoms with Gasteiger partial charge in [-0.2, -0.15) is 13.2 Å². The van der Waals surface area contributed by atoms with Crippen molar-refractivity contribution in [3.8, 4) is 0 Å². The first-order valence-corrected chi connectivity index (χ1v) is 6.54. The van der Waals surface area contributed by atoms with Gasteiger partial charge in [0, 0.05) is 23.4 Å². The number of hydrogen-bond donors (Lipinski definition) is 1. The number of ketones is 1. The minimum atomic E-state index is -4.39. The van der Waals surface area contributed by atoms with Crippen molar-refractivity contribution in [2.75, 3.05) is 11.9 Å².